The van der Waals surface area contributed by atoms with Crippen LogP contribution in [0.1, 0.15) is 5.56 Å². The highest BCUT2D eigenvalue weighted by Crippen LogP contribution is 2.16. The maximum Gasteiger partial charge on any atom is 0.321 e. The maximum atomic E-state index is 13.3. The first-order valence-corrected chi connectivity index (χ1v) is 8.22. The lowest BCUT2D eigenvalue weighted by atomic mass is 10.2. The Morgan fingerprint density at radius 1 is 1.38 bits per heavy atom. The number of carbonyl (C=O) groups is 1. The van der Waals surface area contributed by atoms with Gasteiger partial charge in [-0.15, -0.1) is 0 Å². The van der Waals surface area contributed by atoms with Crippen LogP contribution in [0.2, 0.25) is 0 Å². The van der Waals surface area contributed by atoms with Gasteiger partial charge in [-0.05, 0) is 31.7 Å². The van der Waals surface area contributed by atoms with E-state index in [0.29, 0.717) is 12.2 Å². The lowest BCUT2D eigenvalue weighted by Gasteiger charge is -2.34. The van der Waals surface area contributed by atoms with E-state index in [1.54, 1.807) is 20.0 Å². The number of β-amino-alcohol motifs (C(OH)–C–C–N with tert-alkyl or cyclic N) is 1. The van der Waals surface area contributed by atoms with Crippen molar-refractivity contribution in [2.45, 2.75) is 13.0 Å². The van der Waals surface area contributed by atoms with E-state index in [2.05, 4.69) is 22.2 Å². The average molecular weight is 338 g/mol. The summed E-state index contributed by atoms with van der Waals surface area (Å²) in [7, 11) is 3.71. The summed E-state index contributed by atoms with van der Waals surface area (Å²) in [5.41, 5.74) is 1.23. The smallest absolute Gasteiger partial charge is 0.321 e. The quantitative estimate of drug-likeness (QED) is 0.847. The zero-order valence-corrected chi connectivity index (χ0v) is 14.6. The molecule has 1 aliphatic heterocycles. The molecule has 2 N–H and O–H groups in total. The van der Waals surface area contributed by atoms with Crippen LogP contribution >= 0.6 is 0 Å². The van der Waals surface area contributed by atoms with E-state index in [4.69, 9.17) is 0 Å². The summed E-state index contributed by atoms with van der Waals surface area (Å²) in [5, 5.41) is 12.9. The minimum absolute atomic E-state index is 0.229. The number of urea groups is 1. The van der Waals surface area contributed by atoms with Gasteiger partial charge in [0, 0.05) is 52.0 Å². The standard InChI is InChI=1S/C17H27FN4O2/c1-13-4-5-14(18)10-16(13)19-17(24)21(3)11-15(23)12-22-8-6-20(2)7-9-22/h4-5,10,15,23H,6-9,11-12H2,1-3H3,(H,19,24)/t15-/m1/s1. The van der Waals surface area contributed by atoms with E-state index in [9.17, 15) is 14.3 Å². The van der Waals surface area contributed by atoms with E-state index in [1.165, 1.54) is 17.0 Å². The number of aliphatic hydroxyl groups is 1. The van der Waals surface area contributed by atoms with Crippen LogP contribution in [0, 0.1) is 12.7 Å². The van der Waals surface area contributed by atoms with Crippen LogP contribution in [0.3, 0.4) is 0 Å². The lowest BCUT2D eigenvalue weighted by molar-refractivity contribution is 0.0670. The predicted octanol–water partition coefficient (Wildman–Crippen LogP) is 1.21. The van der Waals surface area contributed by atoms with Gasteiger partial charge >= 0.3 is 6.03 Å². The van der Waals surface area contributed by atoms with Gasteiger partial charge in [-0.1, -0.05) is 6.07 Å². The average Bonchev–Trinajstić information content (AvgIpc) is 2.53. The summed E-state index contributed by atoms with van der Waals surface area (Å²) in [6.45, 7) is 6.40. The molecule has 1 heterocycles. The molecule has 1 aliphatic rings. The highest BCUT2D eigenvalue weighted by Gasteiger charge is 2.20. The second-order valence-electron chi connectivity index (χ2n) is 6.53. The molecule has 0 saturated carbocycles. The molecule has 2 amide bonds. The third-order valence-electron chi connectivity index (χ3n) is 4.34. The fraction of sp³-hybridized carbons (Fsp3) is 0.588. The molecule has 0 bridgehead atoms. The van der Waals surface area contributed by atoms with Crippen LogP contribution in [0.25, 0.3) is 0 Å². The fourth-order valence-electron chi connectivity index (χ4n) is 2.72. The Hall–Kier alpha value is -1.70. The second-order valence-corrected chi connectivity index (χ2v) is 6.53. The van der Waals surface area contributed by atoms with Gasteiger partial charge < -0.3 is 20.2 Å². The molecule has 6 nitrogen and oxygen atoms in total. The summed E-state index contributed by atoms with van der Waals surface area (Å²) >= 11 is 0. The van der Waals surface area contributed by atoms with E-state index in [-0.39, 0.29) is 12.6 Å². The number of carbonyl (C=O) groups excluding carboxylic acids is 1. The first kappa shape index (κ1) is 18.6. The molecule has 7 heteroatoms. The van der Waals surface area contributed by atoms with Crippen molar-refractivity contribution >= 4 is 11.7 Å². The molecule has 0 aliphatic carbocycles. The Morgan fingerprint density at radius 2 is 2.04 bits per heavy atom. The number of nitrogens with zero attached hydrogens (tertiary/aromatic N) is 3. The SMILES string of the molecule is Cc1ccc(F)cc1NC(=O)N(C)C[C@@H](O)CN1CCN(C)CC1. The highest BCUT2D eigenvalue weighted by atomic mass is 19.1. The molecule has 134 valence electrons. The van der Waals surface area contributed by atoms with Gasteiger partial charge in [-0.25, -0.2) is 9.18 Å². The minimum Gasteiger partial charge on any atom is -0.390 e. The zero-order valence-electron chi connectivity index (χ0n) is 14.6. The Labute approximate surface area is 142 Å². The Balaban J connectivity index is 1.81. The van der Waals surface area contributed by atoms with Crippen molar-refractivity contribution in [1.29, 1.82) is 0 Å². The van der Waals surface area contributed by atoms with E-state index >= 15 is 0 Å². The van der Waals surface area contributed by atoms with E-state index in [0.717, 1.165) is 31.7 Å². The molecule has 0 aromatic heterocycles. The lowest BCUT2D eigenvalue weighted by Crippen LogP contribution is -2.49. The van der Waals surface area contributed by atoms with Gasteiger partial charge in [0.1, 0.15) is 5.82 Å². The summed E-state index contributed by atoms with van der Waals surface area (Å²) in [4.78, 5) is 18.1. The number of amides is 2. The largest absolute Gasteiger partial charge is 0.390 e. The Kier molecular flexibility index (Phi) is 6.53. The molecule has 1 aromatic rings. The van der Waals surface area contributed by atoms with Crippen molar-refractivity contribution < 1.29 is 14.3 Å². The first-order chi connectivity index (χ1) is 11.3. The number of aliphatic hydroxyl groups excluding tert-OH is 1. The minimum atomic E-state index is -0.613. The van der Waals surface area contributed by atoms with Crippen LogP contribution in [0.15, 0.2) is 18.2 Å². The molecule has 0 unspecified atom stereocenters. The molecule has 1 aromatic carbocycles. The van der Waals surface area contributed by atoms with Crippen LogP contribution in [-0.2, 0) is 0 Å². The van der Waals surface area contributed by atoms with Crippen molar-refractivity contribution in [2.75, 3.05) is 58.7 Å². The number of halogens is 1. The molecule has 0 radical (unpaired) electrons. The van der Waals surface area contributed by atoms with Gasteiger partial charge in [0.2, 0.25) is 0 Å². The molecule has 1 fully saturated rings. The highest BCUT2D eigenvalue weighted by molar-refractivity contribution is 5.89. The summed E-state index contributed by atoms with van der Waals surface area (Å²) in [6, 6.07) is 3.91. The normalized spacial score (nSPS) is 17.5. The number of piperazine rings is 1. The summed E-state index contributed by atoms with van der Waals surface area (Å²) < 4.78 is 13.3. The van der Waals surface area contributed by atoms with Gasteiger partial charge in [0.15, 0.2) is 0 Å². The molecular formula is C17H27FN4O2. The Morgan fingerprint density at radius 3 is 2.71 bits per heavy atom. The number of hydrogen-bond donors (Lipinski definition) is 2. The third-order valence-corrected chi connectivity index (χ3v) is 4.34. The van der Waals surface area contributed by atoms with Gasteiger partial charge in [-0.3, -0.25) is 4.90 Å². The molecule has 1 saturated heterocycles. The van der Waals surface area contributed by atoms with Crippen molar-refractivity contribution in [3.8, 4) is 0 Å². The van der Waals surface area contributed by atoms with Crippen molar-refractivity contribution in [3.05, 3.63) is 29.6 Å². The van der Waals surface area contributed by atoms with Crippen LogP contribution in [0.4, 0.5) is 14.9 Å². The monoisotopic (exact) mass is 338 g/mol. The van der Waals surface area contributed by atoms with Gasteiger partial charge in [0.25, 0.3) is 0 Å². The number of hydrogen-bond acceptors (Lipinski definition) is 4. The predicted molar refractivity (Wildman–Crippen MR) is 92.7 cm³/mol. The zero-order chi connectivity index (χ0) is 17.7. The van der Waals surface area contributed by atoms with Crippen molar-refractivity contribution in [3.63, 3.8) is 0 Å². The molecule has 2 rings (SSSR count). The molecule has 24 heavy (non-hydrogen) atoms. The van der Waals surface area contributed by atoms with Crippen LogP contribution in [-0.4, -0.2) is 85.3 Å². The van der Waals surface area contributed by atoms with Gasteiger partial charge in [-0.2, -0.15) is 0 Å². The first-order valence-electron chi connectivity index (χ1n) is 8.22. The number of anilines is 1. The number of aryl methyl sites for hydroxylation is 1. The van der Waals surface area contributed by atoms with Crippen LogP contribution in [0.5, 0.6) is 0 Å². The van der Waals surface area contributed by atoms with E-state index in [1.807, 2.05) is 0 Å². The maximum absolute atomic E-state index is 13.3. The topological polar surface area (TPSA) is 59.1 Å². The van der Waals surface area contributed by atoms with E-state index < -0.39 is 11.9 Å². The fourth-order valence-corrected chi connectivity index (χ4v) is 2.72. The molecular weight excluding hydrogens is 311 g/mol. The second kappa shape index (κ2) is 8.41. The number of likely N-dealkylation sites (N-methyl/N-ethyl adjacent to an activating group) is 2. The third kappa shape index (κ3) is 5.43. The van der Waals surface area contributed by atoms with Gasteiger partial charge in [0.05, 0.1) is 6.10 Å². The number of benzene rings is 1. The summed E-state index contributed by atoms with van der Waals surface area (Å²) in [5.74, 6) is -0.395. The molecule has 1 atom stereocenters. The van der Waals surface area contributed by atoms with Crippen molar-refractivity contribution in [2.24, 2.45) is 0 Å². The van der Waals surface area contributed by atoms with Crippen LogP contribution < -0.4 is 5.32 Å². The Bertz CT molecular complexity index is 562. The summed E-state index contributed by atoms with van der Waals surface area (Å²) in [6.07, 6.45) is -0.613. The van der Waals surface area contributed by atoms with Crippen molar-refractivity contribution in [1.82, 2.24) is 14.7 Å². The number of nitrogens with one attached hydrogen (secondary N) is 1. The number of rotatable bonds is 5. The molecule has 0 spiro atoms.